The molecule has 0 aromatic carbocycles. The molecule has 0 atom stereocenters. The molecule has 9 heteroatoms. The van der Waals surface area contributed by atoms with Crippen molar-refractivity contribution in [2.45, 2.75) is 61.5 Å². The Balaban J connectivity index is 1.57. The molecule has 0 saturated heterocycles. The van der Waals surface area contributed by atoms with Gasteiger partial charge in [0.15, 0.2) is 5.82 Å². The van der Waals surface area contributed by atoms with Crippen LogP contribution >= 0.6 is 11.8 Å². The molecule has 1 fully saturated rings. The minimum absolute atomic E-state index is 0.262. The zero-order valence-corrected chi connectivity index (χ0v) is 21.2. The van der Waals surface area contributed by atoms with Gasteiger partial charge < -0.3 is 4.90 Å². The molecule has 1 aliphatic rings. The third-order valence-electron chi connectivity index (χ3n) is 6.98. The van der Waals surface area contributed by atoms with Crippen LogP contribution in [0.3, 0.4) is 0 Å². The summed E-state index contributed by atoms with van der Waals surface area (Å²) >= 11 is 1.21. The maximum atomic E-state index is 14.4. The number of pyridine rings is 2. The number of nitriles is 1. The van der Waals surface area contributed by atoms with Crippen LogP contribution in [-0.2, 0) is 0 Å². The van der Waals surface area contributed by atoms with Gasteiger partial charge in [0.1, 0.15) is 11.1 Å². The van der Waals surface area contributed by atoms with Crippen molar-refractivity contribution in [2.75, 3.05) is 14.1 Å². The molecule has 1 aliphatic carbocycles. The molecule has 0 radical (unpaired) electrons. The summed E-state index contributed by atoms with van der Waals surface area (Å²) in [7, 11) is 4.31. The van der Waals surface area contributed by atoms with E-state index in [-0.39, 0.29) is 5.03 Å². The molecule has 0 N–H and O–H groups in total. The van der Waals surface area contributed by atoms with Crippen LogP contribution in [0.4, 0.5) is 4.39 Å². The number of fused-ring (bicyclic) bond motifs is 1. The highest BCUT2D eigenvalue weighted by molar-refractivity contribution is 7.99. The maximum absolute atomic E-state index is 14.4. The molecule has 0 aliphatic heterocycles. The van der Waals surface area contributed by atoms with Gasteiger partial charge in [-0.15, -0.1) is 0 Å². The first kappa shape index (κ1) is 23.5. The largest absolute Gasteiger partial charge is 0.306 e. The van der Waals surface area contributed by atoms with Crippen molar-refractivity contribution < 1.29 is 4.39 Å². The van der Waals surface area contributed by atoms with Gasteiger partial charge in [-0.3, -0.25) is 4.68 Å². The molecule has 4 heterocycles. The van der Waals surface area contributed by atoms with Crippen LogP contribution in [-0.4, -0.2) is 49.4 Å². The first-order valence-corrected chi connectivity index (χ1v) is 12.6. The second-order valence-corrected chi connectivity index (χ2v) is 10.4. The van der Waals surface area contributed by atoms with Gasteiger partial charge in [-0.05, 0) is 71.8 Å². The van der Waals surface area contributed by atoms with Gasteiger partial charge in [0.2, 0.25) is 0 Å². The molecule has 0 bridgehead atoms. The maximum Gasteiger partial charge on any atom is 0.155 e. The molecule has 1 saturated carbocycles. The first-order valence-electron chi connectivity index (χ1n) is 11.8. The van der Waals surface area contributed by atoms with Crippen LogP contribution < -0.4 is 0 Å². The van der Waals surface area contributed by atoms with E-state index in [9.17, 15) is 9.65 Å². The van der Waals surface area contributed by atoms with E-state index in [2.05, 4.69) is 46.8 Å². The third-order valence-corrected chi connectivity index (χ3v) is 8.01. The van der Waals surface area contributed by atoms with Crippen molar-refractivity contribution in [1.29, 1.82) is 5.26 Å². The van der Waals surface area contributed by atoms with Gasteiger partial charge in [0.05, 0.1) is 29.0 Å². The summed E-state index contributed by atoms with van der Waals surface area (Å²) in [5.74, 6) is -0.396. The molecular weight excluding hydrogens is 461 g/mol. The Bertz CT molecular complexity index is 1420. The highest BCUT2D eigenvalue weighted by atomic mass is 32.2. The van der Waals surface area contributed by atoms with E-state index in [0.717, 1.165) is 53.1 Å². The van der Waals surface area contributed by atoms with Crippen molar-refractivity contribution in [1.82, 2.24) is 29.3 Å². The minimum atomic E-state index is -0.396. The van der Waals surface area contributed by atoms with E-state index in [1.54, 1.807) is 23.0 Å². The van der Waals surface area contributed by atoms with Gasteiger partial charge in [-0.2, -0.15) is 15.5 Å². The number of aryl methyl sites for hydroxylation is 1. The normalized spacial score (nSPS) is 18.3. The smallest absolute Gasteiger partial charge is 0.155 e. The molecule has 0 spiro atoms. The van der Waals surface area contributed by atoms with Crippen LogP contribution in [0.5, 0.6) is 0 Å². The summed E-state index contributed by atoms with van der Waals surface area (Å²) in [6.07, 6.45) is 9.58. The lowest BCUT2D eigenvalue weighted by Crippen LogP contribution is -2.33. The summed E-state index contributed by atoms with van der Waals surface area (Å²) in [5, 5.41) is 19.3. The van der Waals surface area contributed by atoms with Crippen molar-refractivity contribution >= 4 is 17.3 Å². The Labute approximate surface area is 208 Å². The Morgan fingerprint density at radius 2 is 1.97 bits per heavy atom. The van der Waals surface area contributed by atoms with Gasteiger partial charge >= 0.3 is 0 Å². The number of halogens is 1. The quantitative estimate of drug-likeness (QED) is 0.373. The molecule has 5 rings (SSSR count). The third kappa shape index (κ3) is 4.32. The summed E-state index contributed by atoms with van der Waals surface area (Å²) in [5.41, 5.74) is 5.14. The molecule has 7 nitrogen and oxygen atoms in total. The highest BCUT2D eigenvalue weighted by Crippen LogP contribution is 2.39. The predicted octanol–water partition coefficient (Wildman–Crippen LogP) is 5.42. The Kier molecular flexibility index (Phi) is 6.34. The first-order chi connectivity index (χ1) is 16.9. The highest BCUT2D eigenvalue weighted by Gasteiger charge is 2.27. The number of rotatable bonds is 5. The lowest BCUT2D eigenvalue weighted by atomic mass is 9.90. The molecular formula is C26H28FN7S. The number of aromatic nitrogens is 5. The monoisotopic (exact) mass is 489 g/mol. The van der Waals surface area contributed by atoms with Gasteiger partial charge in [0, 0.05) is 40.2 Å². The second kappa shape index (κ2) is 9.44. The zero-order chi connectivity index (χ0) is 24.7. The van der Waals surface area contributed by atoms with Crippen LogP contribution in [0.25, 0.3) is 16.6 Å². The van der Waals surface area contributed by atoms with E-state index >= 15 is 0 Å². The van der Waals surface area contributed by atoms with E-state index in [0.29, 0.717) is 23.2 Å². The average molecular weight is 490 g/mol. The molecule has 0 amide bonds. The van der Waals surface area contributed by atoms with Crippen LogP contribution in [0.15, 0.2) is 46.7 Å². The SMILES string of the molecule is Cc1nn(C2CCC(N(C)C)CC2)c(C)c1-c1cc(Sc2ncccc2F)c2c(C#N)cnn2c1. The zero-order valence-electron chi connectivity index (χ0n) is 20.4. The Morgan fingerprint density at radius 3 is 2.66 bits per heavy atom. The number of hydrogen-bond donors (Lipinski definition) is 0. The molecule has 4 aromatic rings. The van der Waals surface area contributed by atoms with Gasteiger partial charge in [-0.1, -0.05) is 11.8 Å². The molecule has 180 valence electrons. The summed E-state index contributed by atoms with van der Waals surface area (Å²) < 4.78 is 18.3. The van der Waals surface area contributed by atoms with Crippen molar-refractivity contribution in [2.24, 2.45) is 0 Å². The fourth-order valence-electron chi connectivity index (χ4n) is 5.19. The summed E-state index contributed by atoms with van der Waals surface area (Å²) in [6, 6.07) is 8.17. The lowest BCUT2D eigenvalue weighted by Gasteiger charge is -2.33. The van der Waals surface area contributed by atoms with Gasteiger partial charge in [-0.25, -0.2) is 13.9 Å². The van der Waals surface area contributed by atoms with Crippen LogP contribution in [0.1, 0.15) is 48.7 Å². The fraction of sp³-hybridized carbons (Fsp3) is 0.385. The molecule has 0 unspecified atom stereocenters. The minimum Gasteiger partial charge on any atom is -0.306 e. The van der Waals surface area contributed by atoms with E-state index in [4.69, 9.17) is 5.10 Å². The van der Waals surface area contributed by atoms with Crippen molar-refractivity contribution in [3.05, 3.63) is 59.6 Å². The standard InChI is InChI=1S/C26H28FN7S/c1-16-24(17(2)34(31-16)21-9-7-20(8-10-21)32(3)4)18-12-23(35-26-22(27)6-5-11-29-26)25-19(13-28)14-30-33(25)15-18/h5-6,11-12,14-15,20-21H,7-10H2,1-4H3. The lowest BCUT2D eigenvalue weighted by molar-refractivity contribution is 0.188. The Hall–Kier alpha value is -3.22. The second-order valence-electron chi connectivity index (χ2n) is 9.37. The topological polar surface area (TPSA) is 75.0 Å². The summed E-state index contributed by atoms with van der Waals surface area (Å²) in [6.45, 7) is 4.15. The fourth-order valence-corrected chi connectivity index (χ4v) is 6.16. The van der Waals surface area contributed by atoms with E-state index in [1.165, 1.54) is 17.8 Å². The van der Waals surface area contributed by atoms with Gasteiger partial charge in [0.25, 0.3) is 0 Å². The summed E-state index contributed by atoms with van der Waals surface area (Å²) in [4.78, 5) is 7.25. The van der Waals surface area contributed by atoms with E-state index < -0.39 is 5.82 Å². The van der Waals surface area contributed by atoms with Crippen LogP contribution in [0.2, 0.25) is 0 Å². The van der Waals surface area contributed by atoms with E-state index in [1.807, 2.05) is 19.2 Å². The number of nitrogens with zero attached hydrogens (tertiary/aromatic N) is 7. The van der Waals surface area contributed by atoms with Crippen molar-refractivity contribution in [3.63, 3.8) is 0 Å². The van der Waals surface area contributed by atoms with Crippen molar-refractivity contribution in [3.8, 4) is 17.2 Å². The molecule has 4 aromatic heterocycles. The Morgan fingerprint density at radius 1 is 1.20 bits per heavy atom. The van der Waals surface area contributed by atoms with Crippen LogP contribution in [0, 0.1) is 31.0 Å². The predicted molar refractivity (Wildman–Crippen MR) is 134 cm³/mol. The number of hydrogen-bond acceptors (Lipinski definition) is 6. The average Bonchev–Trinajstić information content (AvgIpc) is 3.40. The molecule has 35 heavy (non-hydrogen) atoms.